The van der Waals surface area contributed by atoms with Gasteiger partial charge in [-0.1, -0.05) is 33.2 Å². The van der Waals surface area contributed by atoms with Crippen LogP contribution >= 0.6 is 15.9 Å². The van der Waals surface area contributed by atoms with Gasteiger partial charge in [-0.15, -0.1) is 0 Å². The molecule has 86 valence electrons. The van der Waals surface area contributed by atoms with E-state index < -0.39 is 0 Å². The summed E-state index contributed by atoms with van der Waals surface area (Å²) in [5, 5.41) is 3.71. The van der Waals surface area contributed by atoms with Gasteiger partial charge in [-0.25, -0.2) is 4.79 Å². The fourth-order valence-electron chi connectivity index (χ4n) is 1.16. The molecule has 0 radical (unpaired) electrons. The van der Waals surface area contributed by atoms with E-state index in [4.69, 9.17) is 0 Å². The molecule has 0 bridgehead atoms. The lowest BCUT2D eigenvalue weighted by Crippen LogP contribution is -1.99. The number of nitrogens with zero attached hydrogens (tertiary/aromatic N) is 1. The van der Waals surface area contributed by atoms with Crippen molar-refractivity contribution in [3.05, 3.63) is 34.3 Å². The third kappa shape index (κ3) is 5.07. The van der Waals surface area contributed by atoms with E-state index in [1.807, 2.05) is 19.1 Å². The molecule has 0 aliphatic carbocycles. The van der Waals surface area contributed by atoms with Crippen molar-refractivity contribution in [2.45, 2.75) is 26.7 Å². The number of hydrogen-bond acceptors (Lipinski definition) is 3. The molecule has 0 aliphatic heterocycles. The van der Waals surface area contributed by atoms with Gasteiger partial charge >= 0.3 is 5.97 Å². The highest BCUT2D eigenvalue weighted by Gasteiger charge is 1.97. The Balaban J connectivity index is 2.42. The van der Waals surface area contributed by atoms with Crippen molar-refractivity contribution in [1.82, 2.24) is 0 Å². The molecule has 4 heteroatoms. The van der Waals surface area contributed by atoms with Crippen LogP contribution in [0.15, 0.2) is 33.9 Å². The number of carbonyl (C=O) groups excluding carboxylic acids is 1. The van der Waals surface area contributed by atoms with Crippen LogP contribution in [-0.4, -0.2) is 11.7 Å². The van der Waals surface area contributed by atoms with E-state index >= 15 is 0 Å². The largest absolute Gasteiger partial charge is 0.331 e. The molecule has 0 amide bonds. The van der Waals surface area contributed by atoms with Crippen molar-refractivity contribution in [3.8, 4) is 0 Å². The van der Waals surface area contributed by atoms with Gasteiger partial charge in [-0.2, -0.15) is 0 Å². The molecule has 0 saturated carbocycles. The summed E-state index contributed by atoms with van der Waals surface area (Å²) in [7, 11) is 0. The summed E-state index contributed by atoms with van der Waals surface area (Å²) in [5.41, 5.74) is 2.05. The second-order valence-electron chi connectivity index (χ2n) is 3.54. The smallest absolute Gasteiger partial charge is 0.319 e. The highest BCUT2D eigenvalue weighted by molar-refractivity contribution is 9.10. The zero-order valence-corrected chi connectivity index (χ0v) is 11.0. The molecule has 1 rings (SSSR count). The summed E-state index contributed by atoms with van der Waals surface area (Å²) < 4.78 is 1.07. The summed E-state index contributed by atoms with van der Waals surface area (Å²) in [6, 6.07) is 8.13. The molecule has 0 unspecified atom stereocenters. The first-order valence-electron chi connectivity index (χ1n) is 5.03. The van der Waals surface area contributed by atoms with E-state index in [-0.39, 0.29) is 5.97 Å². The Kier molecular flexibility index (Phi) is 5.19. The quantitative estimate of drug-likeness (QED) is 0.483. The first kappa shape index (κ1) is 12.9. The van der Waals surface area contributed by atoms with Crippen LogP contribution in [0.5, 0.6) is 0 Å². The Bertz CT molecular complexity index is 385. The van der Waals surface area contributed by atoms with Crippen LogP contribution in [0.25, 0.3) is 0 Å². The van der Waals surface area contributed by atoms with E-state index in [2.05, 4.69) is 38.1 Å². The van der Waals surface area contributed by atoms with Crippen LogP contribution < -0.4 is 0 Å². The lowest BCUT2D eigenvalue weighted by molar-refractivity contribution is -0.140. The van der Waals surface area contributed by atoms with Gasteiger partial charge in [0.1, 0.15) is 0 Å². The zero-order chi connectivity index (χ0) is 12.0. The Hall–Kier alpha value is -1.16. The van der Waals surface area contributed by atoms with Crippen LogP contribution in [0, 0.1) is 0 Å². The highest BCUT2D eigenvalue weighted by Crippen LogP contribution is 2.12. The third-order valence-electron chi connectivity index (χ3n) is 2.02. The van der Waals surface area contributed by atoms with E-state index in [9.17, 15) is 4.79 Å². The summed E-state index contributed by atoms with van der Waals surface area (Å²) in [5.74, 6) is -0.386. The minimum absolute atomic E-state index is 0.386. The minimum atomic E-state index is -0.386. The molecule has 0 saturated heterocycles. The van der Waals surface area contributed by atoms with E-state index in [1.54, 1.807) is 0 Å². The first-order valence-corrected chi connectivity index (χ1v) is 5.82. The number of aryl methyl sites for hydroxylation is 1. The van der Waals surface area contributed by atoms with Crippen molar-refractivity contribution >= 4 is 27.6 Å². The standard InChI is InChI=1S/C12H14BrNO2/c1-9(14-16-10(2)15)3-4-11-5-7-12(13)8-6-11/h5-8H,3-4H2,1-2H3. The molecule has 0 heterocycles. The number of oxime groups is 1. The van der Waals surface area contributed by atoms with Gasteiger partial charge in [0.2, 0.25) is 0 Å². The SMILES string of the molecule is CC(=O)ON=C(C)CCc1ccc(Br)cc1. The van der Waals surface area contributed by atoms with Gasteiger partial charge < -0.3 is 4.84 Å². The fourth-order valence-corrected chi connectivity index (χ4v) is 1.43. The van der Waals surface area contributed by atoms with Crippen LogP contribution in [-0.2, 0) is 16.1 Å². The maximum absolute atomic E-state index is 10.5. The summed E-state index contributed by atoms with van der Waals surface area (Å²) in [6.07, 6.45) is 1.68. The molecular formula is C12H14BrNO2. The highest BCUT2D eigenvalue weighted by atomic mass is 79.9. The molecule has 0 aliphatic rings. The molecule has 1 aromatic rings. The average molecular weight is 284 g/mol. The predicted molar refractivity (Wildman–Crippen MR) is 67.3 cm³/mol. The molecule has 16 heavy (non-hydrogen) atoms. The maximum Gasteiger partial charge on any atom is 0.331 e. The van der Waals surface area contributed by atoms with Gasteiger partial charge in [0.05, 0.1) is 5.71 Å². The molecule has 0 atom stereocenters. The van der Waals surface area contributed by atoms with Crippen molar-refractivity contribution in [1.29, 1.82) is 0 Å². The summed E-state index contributed by atoms with van der Waals surface area (Å²) in [6.45, 7) is 3.19. The number of carbonyl (C=O) groups is 1. The Morgan fingerprint density at radius 3 is 2.50 bits per heavy atom. The molecule has 0 spiro atoms. The van der Waals surface area contributed by atoms with Crippen LogP contribution in [0.1, 0.15) is 25.8 Å². The van der Waals surface area contributed by atoms with E-state index in [0.29, 0.717) is 0 Å². The summed E-state index contributed by atoms with van der Waals surface area (Å²) >= 11 is 3.39. The van der Waals surface area contributed by atoms with Crippen molar-refractivity contribution < 1.29 is 9.63 Å². The van der Waals surface area contributed by atoms with Crippen LogP contribution in [0.2, 0.25) is 0 Å². The number of rotatable bonds is 4. The lowest BCUT2D eigenvalue weighted by Gasteiger charge is -2.01. The normalized spacial score (nSPS) is 11.3. The van der Waals surface area contributed by atoms with Crippen LogP contribution in [0.4, 0.5) is 0 Å². The van der Waals surface area contributed by atoms with Crippen LogP contribution in [0.3, 0.4) is 0 Å². The zero-order valence-electron chi connectivity index (χ0n) is 9.37. The topological polar surface area (TPSA) is 38.7 Å². The molecular weight excluding hydrogens is 270 g/mol. The molecule has 3 nitrogen and oxygen atoms in total. The molecule has 0 fully saturated rings. The molecule has 0 aromatic heterocycles. The fraction of sp³-hybridized carbons (Fsp3) is 0.333. The minimum Gasteiger partial charge on any atom is -0.319 e. The van der Waals surface area contributed by atoms with Gasteiger partial charge in [-0.05, 0) is 37.5 Å². The monoisotopic (exact) mass is 283 g/mol. The van der Waals surface area contributed by atoms with E-state index in [1.165, 1.54) is 12.5 Å². The second kappa shape index (κ2) is 6.43. The Labute approximate surface area is 104 Å². The third-order valence-corrected chi connectivity index (χ3v) is 2.55. The first-order chi connectivity index (χ1) is 7.58. The Morgan fingerprint density at radius 1 is 1.31 bits per heavy atom. The van der Waals surface area contributed by atoms with Crippen molar-refractivity contribution in [2.24, 2.45) is 5.16 Å². The van der Waals surface area contributed by atoms with Crippen molar-refractivity contribution in [2.75, 3.05) is 0 Å². The molecule has 0 N–H and O–H groups in total. The van der Waals surface area contributed by atoms with Gasteiger partial charge in [0, 0.05) is 11.4 Å². The second-order valence-corrected chi connectivity index (χ2v) is 4.45. The lowest BCUT2D eigenvalue weighted by atomic mass is 10.1. The maximum atomic E-state index is 10.5. The van der Waals surface area contributed by atoms with Gasteiger partial charge in [-0.3, -0.25) is 0 Å². The number of hydrogen-bond donors (Lipinski definition) is 0. The van der Waals surface area contributed by atoms with E-state index in [0.717, 1.165) is 23.0 Å². The Morgan fingerprint density at radius 2 is 1.94 bits per heavy atom. The summed E-state index contributed by atoms with van der Waals surface area (Å²) in [4.78, 5) is 15.1. The van der Waals surface area contributed by atoms with Gasteiger partial charge in [0.25, 0.3) is 0 Å². The average Bonchev–Trinajstić information content (AvgIpc) is 2.25. The predicted octanol–water partition coefficient (Wildman–Crippen LogP) is 3.32. The van der Waals surface area contributed by atoms with Crippen molar-refractivity contribution in [3.63, 3.8) is 0 Å². The van der Waals surface area contributed by atoms with Gasteiger partial charge in [0.15, 0.2) is 0 Å². The number of benzene rings is 1. The number of halogens is 1. The molecule has 1 aromatic carbocycles.